The molecule has 0 saturated carbocycles. The van der Waals surface area contributed by atoms with Crippen molar-refractivity contribution in [3.8, 4) is 0 Å². The number of thioether (sulfide) groups is 1. The van der Waals surface area contributed by atoms with Crippen LogP contribution in [0.15, 0.2) is 41.3 Å². The topological polar surface area (TPSA) is 12.4 Å². The van der Waals surface area contributed by atoms with Gasteiger partial charge in [0, 0.05) is 11.4 Å². The summed E-state index contributed by atoms with van der Waals surface area (Å²) in [6.45, 7) is 12.3. The van der Waals surface area contributed by atoms with Gasteiger partial charge in [-0.15, -0.1) is 0 Å². The van der Waals surface area contributed by atoms with Crippen molar-refractivity contribution in [2.75, 3.05) is 6.54 Å². The van der Waals surface area contributed by atoms with Crippen LogP contribution in [-0.2, 0) is 0 Å². The molecule has 0 spiro atoms. The number of nitrogens with zero attached hydrogens (tertiary/aromatic N) is 1. The molecule has 0 aromatic carbocycles. The third kappa shape index (κ3) is 5.98. The normalized spacial score (nSPS) is 12.0. The van der Waals surface area contributed by atoms with Crippen molar-refractivity contribution >= 4 is 16.8 Å². The van der Waals surface area contributed by atoms with E-state index in [0.717, 1.165) is 16.5 Å². The Bertz CT molecular complexity index is 214. The first-order valence-corrected chi connectivity index (χ1v) is 4.69. The second-order valence-electron chi connectivity index (χ2n) is 2.16. The molecule has 0 radical (unpaired) electrons. The number of hydrogen-bond donors (Lipinski definition) is 0. The Morgan fingerprint density at radius 2 is 2.25 bits per heavy atom. The highest BCUT2D eigenvalue weighted by Gasteiger charge is 1.92. The zero-order valence-electron chi connectivity index (χ0n) is 7.71. The van der Waals surface area contributed by atoms with E-state index < -0.39 is 0 Å². The van der Waals surface area contributed by atoms with Gasteiger partial charge in [0.05, 0.1) is 5.04 Å². The standard InChI is InChI=1S/C10H15NS/c1-5-7-8-9(3)12-10(4)11-6-2/h5,7-8H,1,3,6H2,2,4H3/b8-7-,11-10?. The van der Waals surface area contributed by atoms with Gasteiger partial charge >= 0.3 is 0 Å². The van der Waals surface area contributed by atoms with Crippen molar-refractivity contribution in [2.24, 2.45) is 4.99 Å². The van der Waals surface area contributed by atoms with Gasteiger partial charge in [0.15, 0.2) is 0 Å². The smallest absolute Gasteiger partial charge is 0.0692 e. The second kappa shape index (κ2) is 6.92. The zero-order chi connectivity index (χ0) is 9.40. The molecular weight excluding hydrogens is 166 g/mol. The maximum atomic E-state index is 4.23. The van der Waals surface area contributed by atoms with Crippen molar-refractivity contribution in [1.29, 1.82) is 0 Å². The zero-order valence-corrected chi connectivity index (χ0v) is 8.53. The Kier molecular flexibility index (Phi) is 6.48. The fraction of sp³-hybridized carbons (Fsp3) is 0.300. The average Bonchev–Trinajstić information content (AvgIpc) is 2.01. The van der Waals surface area contributed by atoms with Gasteiger partial charge < -0.3 is 0 Å². The van der Waals surface area contributed by atoms with Crippen LogP contribution in [-0.4, -0.2) is 11.6 Å². The number of allylic oxidation sites excluding steroid dienone is 3. The third-order valence-electron chi connectivity index (χ3n) is 1.08. The molecule has 0 bridgehead atoms. The van der Waals surface area contributed by atoms with Gasteiger partial charge in [-0.25, -0.2) is 0 Å². The van der Waals surface area contributed by atoms with Gasteiger partial charge in [-0.05, 0) is 19.9 Å². The van der Waals surface area contributed by atoms with Gasteiger partial charge in [-0.3, -0.25) is 4.99 Å². The van der Waals surface area contributed by atoms with Gasteiger partial charge in [0.1, 0.15) is 0 Å². The molecule has 0 rings (SSSR count). The van der Waals surface area contributed by atoms with Crippen LogP contribution in [0.1, 0.15) is 13.8 Å². The molecule has 1 nitrogen and oxygen atoms in total. The summed E-state index contributed by atoms with van der Waals surface area (Å²) in [4.78, 5) is 5.22. The van der Waals surface area contributed by atoms with Crippen molar-refractivity contribution in [3.63, 3.8) is 0 Å². The van der Waals surface area contributed by atoms with E-state index in [1.54, 1.807) is 17.8 Å². The average molecular weight is 181 g/mol. The summed E-state index contributed by atoms with van der Waals surface area (Å²) >= 11 is 1.59. The van der Waals surface area contributed by atoms with E-state index >= 15 is 0 Å². The van der Waals surface area contributed by atoms with E-state index in [4.69, 9.17) is 0 Å². The lowest BCUT2D eigenvalue weighted by molar-refractivity contribution is 1.13. The van der Waals surface area contributed by atoms with Gasteiger partial charge in [-0.1, -0.05) is 37.1 Å². The van der Waals surface area contributed by atoms with Crippen LogP contribution in [0.3, 0.4) is 0 Å². The van der Waals surface area contributed by atoms with Gasteiger partial charge in [0.2, 0.25) is 0 Å². The molecule has 66 valence electrons. The molecule has 0 aliphatic rings. The van der Waals surface area contributed by atoms with Crippen LogP contribution in [0, 0.1) is 0 Å². The monoisotopic (exact) mass is 181 g/mol. The summed E-state index contributed by atoms with van der Waals surface area (Å²) in [6, 6.07) is 0. The molecular formula is C10H15NS. The fourth-order valence-corrected chi connectivity index (χ4v) is 1.37. The molecule has 0 atom stereocenters. The Labute approximate surface area is 79.0 Å². The van der Waals surface area contributed by atoms with Crippen molar-refractivity contribution in [2.45, 2.75) is 13.8 Å². The molecule has 0 fully saturated rings. The quantitative estimate of drug-likeness (QED) is 0.368. The molecule has 0 unspecified atom stereocenters. The Morgan fingerprint density at radius 1 is 1.58 bits per heavy atom. The van der Waals surface area contributed by atoms with Crippen molar-refractivity contribution in [3.05, 3.63) is 36.3 Å². The number of hydrogen-bond acceptors (Lipinski definition) is 2. The summed E-state index contributed by atoms with van der Waals surface area (Å²) in [5, 5.41) is 1.05. The highest BCUT2D eigenvalue weighted by molar-refractivity contribution is 8.17. The summed E-state index contributed by atoms with van der Waals surface area (Å²) in [5.41, 5.74) is 0. The molecule has 0 aromatic heterocycles. The predicted molar refractivity (Wildman–Crippen MR) is 59.7 cm³/mol. The Balaban J connectivity index is 3.92. The predicted octanol–water partition coefficient (Wildman–Crippen LogP) is 3.41. The molecule has 2 heteroatoms. The van der Waals surface area contributed by atoms with Crippen LogP contribution in [0.25, 0.3) is 0 Å². The highest BCUT2D eigenvalue weighted by Crippen LogP contribution is 2.16. The van der Waals surface area contributed by atoms with Crippen molar-refractivity contribution in [1.82, 2.24) is 0 Å². The molecule has 0 aliphatic carbocycles. The first-order valence-electron chi connectivity index (χ1n) is 3.87. The minimum Gasteiger partial charge on any atom is -0.283 e. The lowest BCUT2D eigenvalue weighted by Gasteiger charge is -1.97. The van der Waals surface area contributed by atoms with E-state index in [1.165, 1.54) is 0 Å². The first-order chi connectivity index (χ1) is 5.70. The first kappa shape index (κ1) is 11.2. The van der Waals surface area contributed by atoms with Crippen LogP contribution >= 0.6 is 11.8 Å². The summed E-state index contributed by atoms with van der Waals surface area (Å²) < 4.78 is 0. The van der Waals surface area contributed by atoms with E-state index in [1.807, 2.05) is 26.0 Å². The highest BCUT2D eigenvalue weighted by atomic mass is 32.2. The molecule has 0 N–H and O–H groups in total. The summed E-state index contributed by atoms with van der Waals surface area (Å²) in [7, 11) is 0. The summed E-state index contributed by atoms with van der Waals surface area (Å²) in [6.07, 6.45) is 5.53. The van der Waals surface area contributed by atoms with Gasteiger partial charge in [0.25, 0.3) is 0 Å². The van der Waals surface area contributed by atoms with Crippen LogP contribution in [0.2, 0.25) is 0 Å². The molecule has 0 amide bonds. The minimum atomic E-state index is 0.831. The molecule has 0 saturated heterocycles. The van der Waals surface area contributed by atoms with E-state index in [2.05, 4.69) is 18.2 Å². The maximum absolute atomic E-state index is 4.23. The van der Waals surface area contributed by atoms with Crippen LogP contribution in [0.4, 0.5) is 0 Å². The van der Waals surface area contributed by atoms with E-state index in [-0.39, 0.29) is 0 Å². The third-order valence-corrected chi connectivity index (χ3v) is 1.90. The lowest BCUT2D eigenvalue weighted by Crippen LogP contribution is -1.84. The van der Waals surface area contributed by atoms with Gasteiger partial charge in [-0.2, -0.15) is 0 Å². The maximum Gasteiger partial charge on any atom is 0.0692 e. The molecule has 0 aliphatic heterocycles. The lowest BCUT2D eigenvalue weighted by atomic mass is 10.5. The molecule has 12 heavy (non-hydrogen) atoms. The van der Waals surface area contributed by atoms with Crippen LogP contribution < -0.4 is 0 Å². The van der Waals surface area contributed by atoms with E-state index in [9.17, 15) is 0 Å². The van der Waals surface area contributed by atoms with Crippen LogP contribution in [0.5, 0.6) is 0 Å². The van der Waals surface area contributed by atoms with Crippen molar-refractivity contribution < 1.29 is 0 Å². The second-order valence-corrected chi connectivity index (χ2v) is 3.48. The largest absolute Gasteiger partial charge is 0.283 e. The Morgan fingerprint density at radius 3 is 2.75 bits per heavy atom. The van der Waals surface area contributed by atoms with E-state index in [0.29, 0.717) is 0 Å². The number of rotatable bonds is 4. The summed E-state index contributed by atoms with van der Waals surface area (Å²) in [5.74, 6) is 0. The molecule has 0 heterocycles. The molecule has 0 aromatic rings. The Hall–Kier alpha value is -0.760. The minimum absolute atomic E-state index is 0.831. The SMILES string of the molecule is C=C/C=C\C(=C)SC(C)=NCC. The number of aliphatic imine (C=N–C) groups is 1. The fourth-order valence-electron chi connectivity index (χ4n) is 0.654.